The van der Waals surface area contributed by atoms with E-state index in [2.05, 4.69) is 37.7 Å². The Bertz CT molecular complexity index is 381. The zero-order valence-corrected chi connectivity index (χ0v) is 13.5. The minimum Gasteiger partial charge on any atom is -0.308 e. The van der Waals surface area contributed by atoms with Crippen LogP contribution in [0.1, 0.15) is 50.7 Å². The third-order valence-electron chi connectivity index (χ3n) is 3.48. The molecule has 2 rings (SSSR count). The van der Waals surface area contributed by atoms with Gasteiger partial charge in [-0.15, -0.1) is 11.3 Å². The van der Waals surface area contributed by atoms with Gasteiger partial charge < -0.3 is 5.32 Å². The number of thiazole rings is 1. The molecule has 2 atom stereocenters. The highest BCUT2D eigenvalue weighted by atomic mass is 32.2. The van der Waals surface area contributed by atoms with E-state index in [0.717, 1.165) is 11.8 Å². The Labute approximate surface area is 119 Å². The Hall–Kier alpha value is -0.0600. The van der Waals surface area contributed by atoms with Gasteiger partial charge in [-0.1, -0.05) is 20.8 Å². The van der Waals surface area contributed by atoms with Gasteiger partial charge in [0.1, 0.15) is 0 Å². The minimum atomic E-state index is 0.181. The summed E-state index contributed by atoms with van der Waals surface area (Å²) in [6, 6.07) is 0.697. The van der Waals surface area contributed by atoms with E-state index in [9.17, 15) is 0 Å². The molecule has 1 saturated carbocycles. The monoisotopic (exact) mass is 284 g/mol. The molecule has 1 aliphatic rings. The molecule has 0 bridgehead atoms. The van der Waals surface area contributed by atoms with E-state index in [4.69, 9.17) is 4.98 Å². The van der Waals surface area contributed by atoms with Crippen molar-refractivity contribution in [3.05, 3.63) is 16.1 Å². The maximum absolute atomic E-state index is 4.73. The van der Waals surface area contributed by atoms with E-state index in [1.165, 1.54) is 30.0 Å². The van der Waals surface area contributed by atoms with Crippen molar-refractivity contribution in [3.63, 3.8) is 0 Å². The van der Waals surface area contributed by atoms with E-state index >= 15 is 0 Å². The predicted octanol–water partition coefficient (Wildman–Crippen LogP) is 3.81. The third-order valence-corrected chi connectivity index (χ3v) is 5.89. The fourth-order valence-corrected chi connectivity index (χ4v) is 4.02. The summed E-state index contributed by atoms with van der Waals surface area (Å²) in [5.74, 6) is 0. The van der Waals surface area contributed by atoms with Crippen LogP contribution < -0.4 is 5.32 Å². The lowest BCUT2D eigenvalue weighted by atomic mass is 9.98. The van der Waals surface area contributed by atoms with Crippen LogP contribution in [-0.2, 0) is 12.0 Å². The van der Waals surface area contributed by atoms with Crippen LogP contribution in [-0.4, -0.2) is 22.5 Å². The predicted molar refractivity (Wildman–Crippen MR) is 82.6 cm³/mol. The molecular weight excluding hydrogens is 260 g/mol. The quantitative estimate of drug-likeness (QED) is 0.910. The van der Waals surface area contributed by atoms with Crippen LogP contribution in [0, 0.1) is 0 Å². The molecule has 0 aliphatic heterocycles. The summed E-state index contributed by atoms with van der Waals surface area (Å²) in [4.78, 5) is 4.73. The zero-order valence-electron chi connectivity index (χ0n) is 11.8. The third kappa shape index (κ3) is 3.72. The van der Waals surface area contributed by atoms with Gasteiger partial charge in [0.05, 0.1) is 10.7 Å². The first-order valence-electron chi connectivity index (χ1n) is 6.70. The number of thioether (sulfide) groups is 1. The zero-order chi connectivity index (χ0) is 13.2. The molecule has 4 heteroatoms. The number of nitrogens with one attached hydrogen (secondary N) is 1. The summed E-state index contributed by atoms with van der Waals surface area (Å²) in [5.41, 5.74) is 1.39. The molecule has 0 spiro atoms. The van der Waals surface area contributed by atoms with E-state index in [-0.39, 0.29) is 5.41 Å². The smallest absolute Gasteiger partial charge is 0.0982 e. The molecule has 0 amide bonds. The van der Waals surface area contributed by atoms with Crippen LogP contribution in [0.5, 0.6) is 0 Å². The lowest BCUT2D eigenvalue weighted by Crippen LogP contribution is -2.26. The molecule has 2 unspecified atom stereocenters. The molecule has 2 nitrogen and oxygen atoms in total. The second-order valence-electron chi connectivity index (χ2n) is 6.14. The molecule has 1 aromatic rings. The van der Waals surface area contributed by atoms with Gasteiger partial charge in [0, 0.05) is 28.6 Å². The van der Waals surface area contributed by atoms with Gasteiger partial charge in [0.2, 0.25) is 0 Å². The van der Waals surface area contributed by atoms with Crippen LogP contribution in [0.4, 0.5) is 0 Å². The fraction of sp³-hybridized carbons (Fsp3) is 0.786. The molecule has 1 heterocycles. The molecule has 1 aromatic heterocycles. The SMILES string of the molecule is CSC1CCC(NCc2csc(C(C)(C)C)n2)C1. The molecule has 1 fully saturated rings. The highest BCUT2D eigenvalue weighted by Crippen LogP contribution is 2.29. The summed E-state index contributed by atoms with van der Waals surface area (Å²) in [5, 5.41) is 7.97. The van der Waals surface area contributed by atoms with Crippen molar-refractivity contribution in [3.8, 4) is 0 Å². The Morgan fingerprint density at radius 2 is 2.22 bits per heavy atom. The van der Waals surface area contributed by atoms with Crippen LogP contribution in [0.15, 0.2) is 5.38 Å². The lowest BCUT2D eigenvalue weighted by molar-refractivity contribution is 0.517. The summed E-state index contributed by atoms with van der Waals surface area (Å²) >= 11 is 3.80. The minimum absolute atomic E-state index is 0.181. The van der Waals surface area contributed by atoms with Crippen molar-refractivity contribution >= 4 is 23.1 Å². The van der Waals surface area contributed by atoms with Crippen LogP contribution >= 0.6 is 23.1 Å². The highest BCUT2D eigenvalue weighted by molar-refractivity contribution is 7.99. The van der Waals surface area contributed by atoms with Crippen molar-refractivity contribution in [2.24, 2.45) is 0 Å². The molecule has 0 radical (unpaired) electrons. The Morgan fingerprint density at radius 1 is 1.44 bits per heavy atom. The largest absolute Gasteiger partial charge is 0.308 e. The van der Waals surface area contributed by atoms with Gasteiger partial charge in [0.25, 0.3) is 0 Å². The first kappa shape index (κ1) is 14.4. The van der Waals surface area contributed by atoms with E-state index in [1.54, 1.807) is 11.3 Å². The molecular formula is C14H24N2S2. The number of aromatic nitrogens is 1. The standard InChI is InChI=1S/C14H24N2S2/c1-14(2,3)13-16-11(9-18-13)8-15-10-5-6-12(7-10)17-4/h9-10,12,15H,5-8H2,1-4H3. The molecule has 18 heavy (non-hydrogen) atoms. The summed E-state index contributed by atoms with van der Waals surface area (Å²) in [6.07, 6.45) is 6.23. The van der Waals surface area contributed by atoms with Crippen molar-refractivity contribution < 1.29 is 0 Å². The van der Waals surface area contributed by atoms with Gasteiger partial charge in [0.15, 0.2) is 0 Å². The van der Waals surface area contributed by atoms with Gasteiger partial charge in [-0.2, -0.15) is 11.8 Å². The average molecular weight is 284 g/mol. The van der Waals surface area contributed by atoms with Gasteiger partial charge in [-0.25, -0.2) is 4.98 Å². The molecule has 1 aliphatic carbocycles. The lowest BCUT2D eigenvalue weighted by Gasteiger charge is -2.14. The summed E-state index contributed by atoms with van der Waals surface area (Å²) in [6.45, 7) is 7.60. The van der Waals surface area contributed by atoms with Crippen molar-refractivity contribution in [1.29, 1.82) is 0 Å². The first-order chi connectivity index (χ1) is 8.49. The van der Waals surface area contributed by atoms with E-state index in [0.29, 0.717) is 6.04 Å². The first-order valence-corrected chi connectivity index (χ1v) is 8.87. The van der Waals surface area contributed by atoms with Crippen molar-refractivity contribution in [2.45, 2.75) is 63.3 Å². The average Bonchev–Trinajstić information content (AvgIpc) is 2.94. The number of hydrogen-bond donors (Lipinski definition) is 1. The van der Waals surface area contributed by atoms with Gasteiger partial charge in [-0.3, -0.25) is 0 Å². The van der Waals surface area contributed by atoms with Crippen molar-refractivity contribution in [2.75, 3.05) is 6.26 Å². The second-order valence-corrected chi connectivity index (χ2v) is 8.14. The fourth-order valence-electron chi connectivity index (χ4n) is 2.32. The number of hydrogen-bond acceptors (Lipinski definition) is 4. The van der Waals surface area contributed by atoms with Crippen LogP contribution in [0.25, 0.3) is 0 Å². The topological polar surface area (TPSA) is 24.9 Å². The molecule has 1 N–H and O–H groups in total. The van der Waals surface area contributed by atoms with Crippen LogP contribution in [0.3, 0.4) is 0 Å². The normalized spacial score (nSPS) is 24.7. The maximum Gasteiger partial charge on any atom is 0.0982 e. The van der Waals surface area contributed by atoms with Gasteiger partial charge >= 0.3 is 0 Å². The number of nitrogens with zero attached hydrogens (tertiary/aromatic N) is 1. The van der Waals surface area contributed by atoms with E-state index in [1.807, 2.05) is 11.8 Å². The Morgan fingerprint density at radius 3 is 2.78 bits per heavy atom. The Kier molecular flexibility index (Phi) is 4.73. The molecule has 0 saturated heterocycles. The highest BCUT2D eigenvalue weighted by Gasteiger charge is 2.24. The molecule has 0 aromatic carbocycles. The second kappa shape index (κ2) is 5.93. The summed E-state index contributed by atoms with van der Waals surface area (Å²) < 4.78 is 0. The Balaban J connectivity index is 1.82. The van der Waals surface area contributed by atoms with Gasteiger partial charge in [-0.05, 0) is 25.5 Å². The number of rotatable bonds is 4. The van der Waals surface area contributed by atoms with Crippen LogP contribution in [0.2, 0.25) is 0 Å². The van der Waals surface area contributed by atoms with Crippen molar-refractivity contribution in [1.82, 2.24) is 10.3 Å². The summed E-state index contributed by atoms with van der Waals surface area (Å²) in [7, 11) is 0. The maximum atomic E-state index is 4.73. The molecule has 102 valence electrons. The van der Waals surface area contributed by atoms with E-state index < -0.39 is 0 Å².